The van der Waals surface area contributed by atoms with Crippen LogP contribution in [-0.2, 0) is 0 Å². The van der Waals surface area contributed by atoms with Gasteiger partial charge in [-0.3, -0.25) is 0 Å². The molecular formula is C43H46. The van der Waals surface area contributed by atoms with Crippen molar-refractivity contribution in [3.8, 4) is 22.3 Å². The van der Waals surface area contributed by atoms with Crippen LogP contribution in [0.2, 0.25) is 0 Å². The summed E-state index contributed by atoms with van der Waals surface area (Å²) in [6, 6.07) is 42.3. The first-order valence-electron chi connectivity index (χ1n) is 16.1. The molecule has 1 unspecified atom stereocenters. The summed E-state index contributed by atoms with van der Waals surface area (Å²) >= 11 is 0. The number of hydrogen-bond donors (Lipinski definition) is 0. The van der Waals surface area contributed by atoms with Crippen molar-refractivity contribution < 1.29 is 0 Å². The first kappa shape index (κ1) is 31.5. The Bertz CT molecular complexity index is 1800. The molecule has 0 heteroatoms. The monoisotopic (exact) mass is 562 g/mol. The van der Waals surface area contributed by atoms with Crippen molar-refractivity contribution in [2.75, 3.05) is 0 Å². The molecule has 43 heavy (non-hydrogen) atoms. The average Bonchev–Trinajstić information content (AvgIpc) is 3.09. The third-order valence-electron chi connectivity index (χ3n) is 8.03. The Balaban J connectivity index is 0.00000102. The molecular weight excluding hydrogens is 516 g/mol. The summed E-state index contributed by atoms with van der Waals surface area (Å²) in [5.41, 5.74) is 7.66. The van der Waals surface area contributed by atoms with Gasteiger partial charge >= 0.3 is 0 Å². The van der Waals surface area contributed by atoms with Gasteiger partial charge in [0.15, 0.2) is 0 Å². The molecule has 0 aliphatic rings. The molecule has 0 N–H and O–H groups in total. The van der Waals surface area contributed by atoms with Crippen molar-refractivity contribution in [2.45, 2.75) is 54.9 Å². The van der Waals surface area contributed by atoms with Gasteiger partial charge in [0.25, 0.3) is 0 Å². The van der Waals surface area contributed by atoms with Crippen molar-refractivity contribution in [1.82, 2.24) is 0 Å². The minimum Gasteiger partial charge on any atom is -0.0811 e. The van der Waals surface area contributed by atoms with E-state index in [4.69, 9.17) is 0 Å². The Labute approximate surface area is 259 Å². The van der Waals surface area contributed by atoms with Crippen LogP contribution in [0, 0.1) is 5.92 Å². The maximum Gasteiger partial charge on any atom is -0.00201 e. The molecule has 0 spiro atoms. The third kappa shape index (κ3) is 6.50. The lowest BCUT2D eigenvalue weighted by molar-refractivity contribution is 0.698. The summed E-state index contributed by atoms with van der Waals surface area (Å²) in [5, 5.41) is 7.70. The fraction of sp³-hybridized carbons (Fsp3) is 0.209. The van der Waals surface area contributed by atoms with Gasteiger partial charge < -0.3 is 0 Å². The summed E-state index contributed by atoms with van der Waals surface area (Å²) < 4.78 is 0. The zero-order valence-electron chi connectivity index (χ0n) is 27.0. The molecule has 0 saturated carbocycles. The van der Waals surface area contributed by atoms with Crippen molar-refractivity contribution in [1.29, 1.82) is 0 Å². The average molecular weight is 563 g/mol. The highest BCUT2D eigenvalue weighted by Crippen LogP contribution is 2.45. The minimum absolute atomic E-state index is 0.567. The van der Waals surface area contributed by atoms with Gasteiger partial charge in [0.1, 0.15) is 0 Å². The summed E-state index contributed by atoms with van der Waals surface area (Å²) in [6.07, 6.45) is 7.98. The molecule has 1 atom stereocenters. The van der Waals surface area contributed by atoms with Crippen molar-refractivity contribution in [3.05, 3.63) is 139 Å². The van der Waals surface area contributed by atoms with Crippen LogP contribution in [0.3, 0.4) is 0 Å². The van der Waals surface area contributed by atoms with E-state index in [2.05, 4.69) is 154 Å². The van der Waals surface area contributed by atoms with E-state index in [1.807, 2.05) is 27.7 Å². The van der Waals surface area contributed by atoms with Crippen LogP contribution in [0.1, 0.15) is 60.5 Å². The number of fused-ring (bicyclic) bond motifs is 3. The molecule has 6 rings (SSSR count). The Kier molecular flexibility index (Phi) is 11.1. The summed E-state index contributed by atoms with van der Waals surface area (Å²) in [7, 11) is 0. The van der Waals surface area contributed by atoms with Crippen LogP contribution >= 0.6 is 0 Å². The van der Waals surface area contributed by atoms with Crippen LogP contribution in [0.5, 0.6) is 0 Å². The zero-order valence-corrected chi connectivity index (χ0v) is 27.0. The van der Waals surface area contributed by atoms with Crippen molar-refractivity contribution in [3.63, 3.8) is 0 Å². The second-order valence-electron chi connectivity index (χ2n) is 10.4. The summed E-state index contributed by atoms with van der Waals surface area (Å²) in [6.45, 7) is 14.6. The standard InChI is InChI=1S/C39H34.2C2H6/c1-4-27(3)24-25-28(5-2)30-16-12-17-31(26-30)38-34-19-8-10-21-36(34)39(37-22-11-9-20-35(37)38)33-23-13-15-29-14-6-7-18-32(29)33;2*1-2/h5-27H,4H2,1-3H3;2*1-2H3/b25-24-,28-5+;;. The van der Waals surface area contributed by atoms with Crippen LogP contribution in [0.15, 0.2) is 133 Å². The fourth-order valence-electron chi connectivity index (χ4n) is 5.79. The molecule has 6 aromatic carbocycles. The van der Waals surface area contributed by atoms with E-state index in [-0.39, 0.29) is 0 Å². The topological polar surface area (TPSA) is 0 Å². The number of allylic oxidation sites excluding steroid dienone is 4. The first-order valence-corrected chi connectivity index (χ1v) is 16.1. The Hall–Kier alpha value is -4.42. The van der Waals surface area contributed by atoms with Gasteiger partial charge in [-0.2, -0.15) is 0 Å². The zero-order chi connectivity index (χ0) is 30.8. The highest BCUT2D eigenvalue weighted by molar-refractivity contribution is 6.23. The molecule has 6 aromatic rings. The normalized spacial score (nSPS) is 12.1. The van der Waals surface area contributed by atoms with Crippen LogP contribution in [0.4, 0.5) is 0 Å². The molecule has 0 radical (unpaired) electrons. The molecule has 0 saturated heterocycles. The number of hydrogen-bond acceptors (Lipinski definition) is 0. The highest BCUT2D eigenvalue weighted by Gasteiger charge is 2.18. The van der Waals surface area contributed by atoms with E-state index in [0.717, 1.165) is 6.42 Å². The number of rotatable bonds is 6. The lowest BCUT2D eigenvalue weighted by Gasteiger charge is -2.19. The molecule has 218 valence electrons. The van der Waals surface area contributed by atoms with E-state index in [1.54, 1.807) is 0 Å². The molecule has 0 aliphatic carbocycles. The molecule has 0 bridgehead atoms. The van der Waals surface area contributed by atoms with Crippen LogP contribution < -0.4 is 0 Å². The molecule has 0 nitrogen and oxygen atoms in total. The summed E-state index contributed by atoms with van der Waals surface area (Å²) in [4.78, 5) is 0. The maximum atomic E-state index is 2.36. The first-order chi connectivity index (χ1) is 21.2. The summed E-state index contributed by atoms with van der Waals surface area (Å²) in [5.74, 6) is 0.567. The van der Waals surface area contributed by atoms with Crippen LogP contribution in [-0.4, -0.2) is 0 Å². The van der Waals surface area contributed by atoms with Gasteiger partial charge in [0.05, 0.1) is 0 Å². The molecule has 0 heterocycles. The van der Waals surface area contributed by atoms with Gasteiger partial charge in [0, 0.05) is 0 Å². The molecule has 0 aliphatic heterocycles. The van der Waals surface area contributed by atoms with Crippen molar-refractivity contribution in [2.24, 2.45) is 5.92 Å². The highest BCUT2D eigenvalue weighted by atomic mass is 14.2. The van der Waals surface area contributed by atoms with E-state index >= 15 is 0 Å². The van der Waals surface area contributed by atoms with Crippen molar-refractivity contribution >= 4 is 37.9 Å². The lowest BCUT2D eigenvalue weighted by Crippen LogP contribution is -1.92. The predicted molar refractivity (Wildman–Crippen MR) is 195 cm³/mol. The third-order valence-corrected chi connectivity index (χ3v) is 8.03. The van der Waals surface area contributed by atoms with Gasteiger partial charge in [0.2, 0.25) is 0 Å². The molecule has 0 aromatic heterocycles. The molecule has 0 fully saturated rings. The quantitative estimate of drug-likeness (QED) is 0.140. The Morgan fingerprint density at radius 1 is 0.605 bits per heavy atom. The predicted octanol–water partition coefficient (Wildman–Crippen LogP) is 13.5. The molecule has 0 amide bonds. The van der Waals surface area contributed by atoms with Gasteiger partial charge in [-0.1, -0.05) is 175 Å². The van der Waals surface area contributed by atoms with Gasteiger partial charge in [-0.25, -0.2) is 0 Å². The van der Waals surface area contributed by atoms with E-state index in [1.165, 1.54) is 65.7 Å². The smallest absolute Gasteiger partial charge is 0.00201 e. The number of benzene rings is 6. The second-order valence-corrected chi connectivity index (χ2v) is 10.4. The fourth-order valence-corrected chi connectivity index (χ4v) is 5.79. The van der Waals surface area contributed by atoms with Gasteiger partial charge in [-0.05, 0) is 84.6 Å². The SMILES string of the molecule is C/C=C(\C=C/C(C)CC)c1cccc(-c2c3ccccc3c(-c3cccc4ccccc34)c3ccccc23)c1.CC.CC. The second kappa shape index (κ2) is 15.2. The maximum absolute atomic E-state index is 2.36. The lowest BCUT2D eigenvalue weighted by atomic mass is 9.84. The van der Waals surface area contributed by atoms with Gasteiger partial charge in [-0.15, -0.1) is 0 Å². The Morgan fingerprint density at radius 3 is 1.70 bits per heavy atom. The van der Waals surface area contributed by atoms with E-state index < -0.39 is 0 Å². The van der Waals surface area contributed by atoms with E-state index in [9.17, 15) is 0 Å². The van der Waals surface area contributed by atoms with Crippen LogP contribution in [0.25, 0.3) is 60.1 Å². The minimum atomic E-state index is 0.567. The Morgan fingerprint density at radius 2 is 1.12 bits per heavy atom. The van der Waals surface area contributed by atoms with E-state index in [0.29, 0.717) is 5.92 Å². The largest absolute Gasteiger partial charge is 0.0811 e.